The summed E-state index contributed by atoms with van der Waals surface area (Å²) in [7, 11) is 0. The van der Waals surface area contributed by atoms with Crippen molar-refractivity contribution in [3.05, 3.63) is 23.4 Å². The third-order valence-electron chi connectivity index (χ3n) is 2.30. The van der Waals surface area contributed by atoms with Crippen LogP contribution in [0.3, 0.4) is 0 Å². The lowest BCUT2D eigenvalue weighted by atomic mass is 10.0. The van der Waals surface area contributed by atoms with E-state index in [9.17, 15) is 19.8 Å². The fourth-order valence-electron chi connectivity index (χ4n) is 1.44. The van der Waals surface area contributed by atoms with Crippen molar-refractivity contribution in [3.8, 4) is 0 Å². The summed E-state index contributed by atoms with van der Waals surface area (Å²) in [6.45, 7) is 2.87. The van der Waals surface area contributed by atoms with Crippen LogP contribution in [0, 0.1) is 6.92 Å². The van der Waals surface area contributed by atoms with Gasteiger partial charge in [0, 0.05) is 18.2 Å². The van der Waals surface area contributed by atoms with Crippen LogP contribution in [0.2, 0.25) is 0 Å². The normalized spacial score (nSPS) is 13.8. The number of anilines is 1. The van der Waals surface area contributed by atoms with E-state index in [1.54, 1.807) is 6.92 Å². The van der Waals surface area contributed by atoms with Crippen LogP contribution >= 0.6 is 0 Å². The fraction of sp³-hybridized carbons (Fsp3) is 0.364. The number of aliphatic carboxylic acids is 1. The Hall–Kier alpha value is -1.99. The van der Waals surface area contributed by atoms with E-state index < -0.39 is 18.2 Å². The van der Waals surface area contributed by atoms with Crippen molar-refractivity contribution in [1.29, 1.82) is 0 Å². The van der Waals surface area contributed by atoms with Gasteiger partial charge >= 0.3 is 5.97 Å². The zero-order valence-corrected chi connectivity index (χ0v) is 9.91. The van der Waals surface area contributed by atoms with Gasteiger partial charge in [0.05, 0.1) is 0 Å². The van der Waals surface area contributed by atoms with Crippen LogP contribution in [-0.2, 0) is 9.59 Å². The zero-order valence-electron chi connectivity index (χ0n) is 9.91. The van der Waals surface area contributed by atoms with Gasteiger partial charge in [0.2, 0.25) is 5.91 Å². The van der Waals surface area contributed by atoms with E-state index in [4.69, 9.17) is 5.11 Å². The molecule has 0 saturated carbocycles. The van der Waals surface area contributed by atoms with Crippen molar-refractivity contribution in [2.75, 3.05) is 5.32 Å². The summed E-state index contributed by atoms with van der Waals surface area (Å²) >= 11 is 0. The van der Waals surface area contributed by atoms with Gasteiger partial charge < -0.3 is 20.6 Å². The number of rotatable bonds is 4. The number of carbonyl (C=O) groups is 2. The molecule has 0 spiro atoms. The number of pyridine rings is 1. The van der Waals surface area contributed by atoms with Crippen molar-refractivity contribution in [3.63, 3.8) is 0 Å². The van der Waals surface area contributed by atoms with Gasteiger partial charge in [-0.05, 0) is 13.0 Å². The van der Waals surface area contributed by atoms with Crippen LogP contribution in [0.5, 0.6) is 0 Å². The van der Waals surface area contributed by atoms with E-state index in [-0.39, 0.29) is 11.5 Å². The molecule has 1 aromatic rings. The summed E-state index contributed by atoms with van der Waals surface area (Å²) in [5.74, 6) is -1.52. The topological polar surface area (TPSA) is 120 Å². The molecular weight excluding hydrogens is 240 g/mol. The molecule has 7 nitrogen and oxygen atoms in total. The van der Waals surface area contributed by atoms with E-state index >= 15 is 0 Å². The molecule has 7 heteroatoms. The highest BCUT2D eigenvalue weighted by Crippen LogP contribution is 2.21. The summed E-state index contributed by atoms with van der Waals surface area (Å²) in [6.07, 6.45) is -3.49. The first-order valence-electron chi connectivity index (χ1n) is 5.17. The summed E-state index contributed by atoms with van der Waals surface area (Å²) < 4.78 is 0. The number of nitrogens with one attached hydrogen (secondary N) is 1. The quantitative estimate of drug-likeness (QED) is 0.592. The first-order valence-corrected chi connectivity index (χ1v) is 5.17. The predicted molar refractivity (Wildman–Crippen MR) is 61.9 cm³/mol. The molecule has 0 aliphatic heterocycles. The number of aromatic nitrogens is 1. The lowest BCUT2D eigenvalue weighted by Gasteiger charge is -2.16. The number of hydrogen-bond donors (Lipinski definition) is 4. The van der Waals surface area contributed by atoms with Crippen LogP contribution in [0.4, 0.5) is 5.82 Å². The fourth-order valence-corrected chi connectivity index (χ4v) is 1.44. The molecule has 2 atom stereocenters. The van der Waals surface area contributed by atoms with E-state index in [1.165, 1.54) is 19.1 Å². The Labute approximate surface area is 103 Å². The Morgan fingerprint density at radius 1 is 1.33 bits per heavy atom. The minimum Gasteiger partial charge on any atom is -0.479 e. The second-order valence-corrected chi connectivity index (χ2v) is 3.78. The third kappa shape index (κ3) is 3.25. The number of aliphatic hydroxyl groups excluding tert-OH is 2. The lowest BCUT2D eigenvalue weighted by Crippen LogP contribution is -2.28. The smallest absolute Gasteiger partial charge is 0.335 e. The molecule has 0 aromatic carbocycles. The van der Waals surface area contributed by atoms with Crippen molar-refractivity contribution >= 4 is 17.7 Å². The highest BCUT2D eigenvalue weighted by Gasteiger charge is 2.26. The molecule has 0 fully saturated rings. The standard InChI is InChI=1S/C11H14N2O5/c1-5-7(9(15)10(16)11(17)18)3-4-8(12-5)13-6(2)14/h3-4,9-10,15-16H,1-2H3,(H,17,18)(H,12,13,14). The lowest BCUT2D eigenvalue weighted by molar-refractivity contribution is -0.153. The third-order valence-corrected chi connectivity index (χ3v) is 2.30. The van der Waals surface area contributed by atoms with Crippen LogP contribution in [0.25, 0.3) is 0 Å². The van der Waals surface area contributed by atoms with Crippen molar-refractivity contribution < 1.29 is 24.9 Å². The van der Waals surface area contributed by atoms with E-state index in [0.717, 1.165) is 0 Å². The second-order valence-electron chi connectivity index (χ2n) is 3.78. The Morgan fingerprint density at radius 3 is 2.39 bits per heavy atom. The minimum atomic E-state index is -1.92. The maximum Gasteiger partial charge on any atom is 0.335 e. The molecule has 0 aliphatic carbocycles. The number of amides is 1. The molecule has 0 saturated heterocycles. The summed E-state index contributed by atoms with van der Waals surface area (Å²) in [4.78, 5) is 25.4. The van der Waals surface area contributed by atoms with Crippen molar-refractivity contribution in [1.82, 2.24) is 4.98 Å². The molecule has 1 heterocycles. The molecule has 1 aromatic heterocycles. The molecule has 98 valence electrons. The Morgan fingerprint density at radius 2 is 1.94 bits per heavy atom. The highest BCUT2D eigenvalue weighted by atomic mass is 16.4. The number of hydrogen-bond acceptors (Lipinski definition) is 5. The summed E-state index contributed by atoms with van der Waals surface area (Å²) in [5.41, 5.74) is 0.521. The van der Waals surface area contributed by atoms with Gasteiger partial charge in [0.1, 0.15) is 11.9 Å². The van der Waals surface area contributed by atoms with Crippen molar-refractivity contribution in [2.24, 2.45) is 0 Å². The molecular formula is C11H14N2O5. The minimum absolute atomic E-state index is 0.194. The van der Waals surface area contributed by atoms with E-state index in [1.807, 2.05) is 0 Å². The first kappa shape index (κ1) is 14.1. The maximum absolute atomic E-state index is 10.8. The van der Waals surface area contributed by atoms with Crippen molar-refractivity contribution in [2.45, 2.75) is 26.1 Å². The zero-order chi connectivity index (χ0) is 13.9. The largest absolute Gasteiger partial charge is 0.479 e. The molecule has 1 rings (SSSR count). The Bertz CT molecular complexity index is 475. The predicted octanol–water partition coefficient (Wildman–Crippen LogP) is -0.173. The van der Waals surface area contributed by atoms with E-state index in [2.05, 4.69) is 10.3 Å². The second kappa shape index (κ2) is 5.56. The molecule has 1 amide bonds. The first-order chi connectivity index (χ1) is 8.32. The Kier molecular flexibility index (Phi) is 4.35. The van der Waals surface area contributed by atoms with Gasteiger partial charge in [0.25, 0.3) is 0 Å². The number of carboxylic acids is 1. The molecule has 0 radical (unpaired) electrons. The average Bonchev–Trinajstić information content (AvgIpc) is 2.26. The number of carbonyl (C=O) groups excluding carboxylic acids is 1. The SMILES string of the molecule is CC(=O)Nc1ccc(C(O)C(O)C(=O)O)c(C)n1. The molecule has 2 unspecified atom stereocenters. The highest BCUT2D eigenvalue weighted by molar-refractivity contribution is 5.87. The summed E-state index contributed by atoms with van der Waals surface area (Å²) in [6, 6.07) is 2.83. The monoisotopic (exact) mass is 254 g/mol. The molecule has 4 N–H and O–H groups in total. The van der Waals surface area contributed by atoms with Crippen LogP contribution < -0.4 is 5.32 Å². The average molecular weight is 254 g/mol. The van der Waals surface area contributed by atoms with Crippen LogP contribution in [-0.4, -0.2) is 38.3 Å². The number of aliphatic hydroxyl groups is 2. The maximum atomic E-state index is 10.8. The van der Waals surface area contributed by atoms with Gasteiger partial charge in [-0.1, -0.05) is 6.07 Å². The van der Waals surface area contributed by atoms with Gasteiger partial charge in [-0.15, -0.1) is 0 Å². The molecule has 0 aliphatic rings. The molecule has 0 bridgehead atoms. The molecule has 18 heavy (non-hydrogen) atoms. The number of aryl methyl sites for hydroxylation is 1. The van der Waals surface area contributed by atoms with Crippen LogP contribution in [0.15, 0.2) is 12.1 Å². The van der Waals surface area contributed by atoms with Gasteiger partial charge in [-0.25, -0.2) is 9.78 Å². The van der Waals surface area contributed by atoms with Gasteiger partial charge in [-0.2, -0.15) is 0 Å². The van der Waals surface area contributed by atoms with E-state index in [0.29, 0.717) is 11.5 Å². The number of carboxylic acid groups (broad SMARTS) is 1. The van der Waals surface area contributed by atoms with Gasteiger partial charge in [0.15, 0.2) is 6.10 Å². The summed E-state index contributed by atoms with van der Waals surface area (Å²) in [5, 5.41) is 29.9. The number of nitrogens with zero attached hydrogens (tertiary/aromatic N) is 1. The van der Waals surface area contributed by atoms with Crippen LogP contribution in [0.1, 0.15) is 24.3 Å². The van der Waals surface area contributed by atoms with Gasteiger partial charge in [-0.3, -0.25) is 4.79 Å². The Balaban J connectivity index is 2.98.